The van der Waals surface area contributed by atoms with E-state index in [1.54, 1.807) is 106 Å². The Morgan fingerprint density at radius 3 is 1.98 bits per heavy atom. The van der Waals surface area contributed by atoms with E-state index in [1.807, 2.05) is 24.3 Å². The molecule has 54 heavy (non-hydrogen) atoms. The number of ketones is 2. The number of nitrogens with zero attached hydrogens (tertiary/aromatic N) is 4. The van der Waals surface area contributed by atoms with E-state index in [4.69, 9.17) is 4.74 Å². The Hall–Kier alpha value is -5.70. The van der Waals surface area contributed by atoms with E-state index in [9.17, 15) is 33.9 Å². The summed E-state index contributed by atoms with van der Waals surface area (Å²) >= 11 is 1.83. The van der Waals surface area contributed by atoms with Crippen molar-refractivity contribution in [1.29, 1.82) is 0 Å². The number of aromatic nitrogens is 1. The van der Waals surface area contributed by atoms with E-state index in [0.717, 1.165) is 34.8 Å². The molecule has 1 aromatic heterocycles. The summed E-state index contributed by atoms with van der Waals surface area (Å²) in [4.78, 5) is 80.6. The van der Waals surface area contributed by atoms with Crippen LogP contribution in [-0.2, 0) is 26.2 Å². The van der Waals surface area contributed by atoms with Gasteiger partial charge < -0.3 is 29.1 Å². The van der Waals surface area contributed by atoms with Gasteiger partial charge in [-0.25, -0.2) is 0 Å². The van der Waals surface area contributed by atoms with Gasteiger partial charge in [0.2, 0.25) is 17.6 Å². The molecule has 0 saturated carbocycles. The van der Waals surface area contributed by atoms with Crippen LogP contribution < -0.4 is 20.3 Å². The van der Waals surface area contributed by atoms with Gasteiger partial charge in [-0.3, -0.25) is 28.8 Å². The zero-order valence-electron chi connectivity index (χ0n) is 29.4. The highest BCUT2D eigenvalue weighted by atomic mass is 32.2. The highest BCUT2D eigenvalue weighted by molar-refractivity contribution is 8.03. The van der Waals surface area contributed by atoms with E-state index in [-0.39, 0.29) is 22.3 Å². The van der Waals surface area contributed by atoms with Gasteiger partial charge in [-0.15, -0.1) is 0 Å². The molecule has 272 valence electrons. The van der Waals surface area contributed by atoms with Crippen LogP contribution in [0.3, 0.4) is 0 Å². The van der Waals surface area contributed by atoms with Crippen molar-refractivity contribution in [3.8, 4) is 5.75 Å². The summed E-state index contributed by atoms with van der Waals surface area (Å²) in [6, 6.07) is 28.2. The van der Waals surface area contributed by atoms with Crippen LogP contribution in [0.1, 0.15) is 32.4 Å². The molecule has 4 aromatic carbocycles. The number of fused-ring (bicyclic) bond motifs is 6. The predicted molar refractivity (Wildman–Crippen MR) is 207 cm³/mol. The summed E-state index contributed by atoms with van der Waals surface area (Å²) in [7, 11) is 6.53. The van der Waals surface area contributed by atoms with Gasteiger partial charge in [-0.2, -0.15) is 0 Å². The minimum absolute atomic E-state index is 0.00400. The maximum atomic E-state index is 13.3. The zero-order chi connectivity index (χ0) is 38.2. The number of pyridine rings is 1. The maximum absolute atomic E-state index is 13.3. The summed E-state index contributed by atoms with van der Waals surface area (Å²) in [5, 5.41) is 9.38. The molecule has 0 radical (unpaired) electrons. The minimum atomic E-state index is -1.73. The third kappa shape index (κ3) is 5.11. The van der Waals surface area contributed by atoms with Crippen LogP contribution in [-0.4, -0.2) is 75.5 Å². The largest absolute Gasteiger partial charge is 0.506 e. The number of amides is 3. The molecule has 4 aliphatic rings. The lowest BCUT2D eigenvalue weighted by Gasteiger charge is -2.36. The number of aromatic hydroxyl groups is 1. The Balaban J connectivity index is 0.000000153. The molecule has 5 aromatic rings. The lowest BCUT2D eigenvalue weighted by atomic mass is 9.95. The molecule has 1 N–H and O–H groups in total. The molecular formula is C40H32N4O8S2. The molecule has 4 unspecified atom stereocenters. The third-order valence-electron chi connectivity index (χ3n) is 10.2. The van der Waals surface area contributed by atoms with Gasteiger partial charge in [0.1, 0.15) is 22.0 Å². The van der Waals surface area contributed by atoms with Crippen LogP contribution in [0.5, 0.6) is 5.75 Å². The topological polar surface area (TPSA) is 147 Å². The Bertz CT molecular complexity index is 2540. The Morgan fingerprint density at radius 2 is 1.26 bits per heavy atom. The van der Waals surface area contributed by atoms with E-state index in [1.165, 1.54) is 14.4 Å². The number of rotatable bonds is 2. The minimum Gasteiger partial charge on any atom is -0.506 e. The molecule has 5 heterocycles. The van der Waals surface area contributed by atoms with Gasteiger partial charge in [0, 0.05) is 56.0 Å². The van der Waals surface area contributed by atoms with Crippen molar-refractivity contribution in [1.82, 2.24) is 4.57 Å². The van der Waals surface area contributed by atoms with Gasteiger partial charge >= 0.3 is 0 Å². The third-order valence-corrected chi connectivity index (χ3v) is 13.0. The second-order valence-corrected chi connectivity index (χ2v) is 15.6. The monoisotopic (exact) mass is 760 g/mol. The first-order valence-corrected chi connectivity index (χ1v) is 18.7. The number of hydrogen-bond acceptors (Lipinski definition) is 10. The first-order valence-electron chi connectivity index (χ1n) is 16.9. The number of carbonyl (C=O) groups excluding carboxylic acids is 5. The summed E-state index contributed by atoms with van der Waals surface area (Å²) in [5.41, 5.74) is 3.64. The average Bonchev–Trinajstić information content (AvgIpc) is 3.62. The second-order valence-electron chi connectivity index (χ2n) is 13.2. The summed E-state index contributed by atoms with van der Waals surface area (Å²) in [6.45, 7) is 0. The molecular weight excluding hydrogens is 729 g/mol. The van der Waals surface area contributed by atoms with Crippen molar-refractivity contribution in [3.63, 3.8) is 0 Å². The van der Waals surface area contributed by atoms with Crippen molar-refractivity contribution in [2.24, 2.45) is 7.05 Å². The SMILES string of the molecule is CN1C(=O)C(Sc2c(O)c3ccccc3n(C)c2=O)C(=O)c2ccccc21.CN1C(=O)C2(OC3c4ccccc4N(C)C(=O)C3S2)C(=O)c2ccccc21. The van der Waals surface area contributed by atoms with E-state index < -0.39 is 44.7 Å². The van der Waals surface area contributed by atoms with Crippen LogP contribution >= 0.6 is 23.5 Å². The molecule has 1 spiro atoms. The van der Waals surface area contributed by atoms with E-state index >= 15 is 0 Å². The standard InChI is InChI=1S/2C20H16N2O4S/c1-21-13-9-5-3-7-11(13)15-16(18(21)24)27-20(26-15)17(23)12-8-4-6-10-14(12)22(2)19(20)25;1-21-13-9-5-3-7-11(13)15(23)17(19(21)25)27-18-16(24)12-8-4-6-10-14(12)22(2)20(18)26/h3-10,15-16H,1-2H3;3-10,17,24H,1-2H3. The molecule has 4 atom stereocenters. The van der Waals surface area contributed by atoms with E-state index in [2.05, 4.69) is 0 Å². The van der Waals surface area contributed by atoms with Crippen LogP contribution in [0.25, 0.3) is 10.9 Å². The lowest BCUT2D eigenvalue weighted by molar-refractivity contribution is -0.134. The summed E-state index contributed by atoms with van der Waals surface area (Å²) in [5.74, 6) is -2.00. The molecule has 1 fully saturated rings. The van der Waals surface area contributed by atoms with Crippen LogP contribution in [0.4, 0.5) is 17.1 Å². The van der Waals surface area contributed by atoms with Crippen molar-refractivity contribution >= 4 is 80.8 Å². The maximum Gasteiger partial charge on any atom is 0.278 e. The molecule has 3 amide bonds. The quantitative estimate of drug-likeness (QED) is 0.245. The fraction of sp³-hybridized carbons (Fsp3) is 0.200. The number of benzene rings is 4. The van der Waals surface area contributed by atoms with Gasteiger partial charge in [0.25, 0.3) is 16.4 Å². The van der Waals surface area contributed by atoms with Crippen molar-refractivity contribution in [2.45, 2.75) is 26.4 Å². The number of thioether (sulfide) groups is 2. The van der Waals surface area contributed by atoms with Gasteiger partial charge in [-0.1, -0.05) is 78.1 Å². The van der Waals surface area contributed by atoms with Crippen LogP contribution in [0.2, 0.25) is 0 Å². The number of Topliss-reactive ketones (excluding diaryl/α,β-unsaturated/α-hetero) is 2. The van der Waals surface area contributed by atoms with Gasteiger partial charge in [0.15, 0.2) is 11.0 Å². The molecule has 14 heteroatoms. The molecule has 9 rings (SSSR count). The van der Waals surface area contributed by atoms with Crippen molar-refractivity contribution in [3.05, 3.63) is 124 Å². The number of carbonyl (C=O) groups is 5. The van der Waals surface area contributed by atoms with Crippen molar-refractivity contribution < 1.29 is 33.8 Å². The summed E-state index contributed by atoms with van der Waals surface area (Å²) < 4.78 is 7.58. The van der Waals surface area contributed by atoms with Crippen molar-refractivity contribution in [2.75, 3.05) is 35.8 Å². The Labute approximate surface area is 317 Å². The molecule has 0 aliphatic carbocycles. The Morgan fingerprint density at radius 1 is 0.685 bits per heavy atom. The van der Waals surface area contributed by atoms with Crippen LogP contribution in [0.15, 0.2) is 107 Å². The fourth-order valence-electron chi connectivity index (χ4n) is 7.33. The predicted octanol–water partition coefficient (Wildman–Crippen LogP) is 4.96. The number of para-hydroxylation sites is 4. The number of ether oxygens (including phenoxy) is 1. The first kappa shape index (κ1) is 35.3. The lowest BCUT2D eigenvalue weighted by Crippen LogP contribution is -2.55. The molecule has 1 saturated heterocycles. The highest BCUT2D eigenvalue weighted by Crippen LogP contribution is 2.57. The number of likely N-dealkylation sites (N-methyl/N-ethyl adjacent to an activating group) is 1. The van der Waals surface area contributed by atoms with Gasteiger partial charge in [-0.05, 0) is 42.5 Å². The zero-order valence-corrected chi connectivity index (χ0v) is 31.0. The molecule has 4 aliphatic heterocycles. The van der Waals surface area contributed by atoms with Crippen LogP contribution in [0, 0.1) is 0 Å². The smallest absolute Gasteiger partial charge is 0.278 e. The Kier molecular flexibility index (Phi) is 8.51. The average molecular weight is 761 g/mol. The molecule has 0 bridgehead atoms. The van der Waals surface area contributed by atoms with E-state index in [0.29, 0.717) is 33.4 Å². The second kappa shape index (κ2) is 13.0. The highest BCUT2D eigenvalue weighted by Gasteiger charge is 2.64. The van der Waals surface area contributed by atoms with Gasteiger partial charge in [0.05, 0.1) is 16.9 Å². The first-order chi connectivity index (χ1) is 25.9. The number of aryl methyl sites for hydroxylation is 1. The fourth-order valence-corrected chi connectivity index (χ4v) is 10.1. The number of anilines is 3. The normalized spacial score (nSPS) is 22.9. The summed E-state index contributed by atoms with van der Waals surface area (Å²) in [6.07, 6.45) is -0.638. The molecule has 12 nitrogen and oxygen atoms in total. The number of hydrogen-bond donors (Lipinski definition) is 1.